The number of likely N-dealkylation sites (tertiary alicyclic amines) is 1. The Morgan fingerprint density at radius 1 is 1.00 bits per heavy atom. The van der Waals surface area contributed by atoms with Gasteiger partial charge in [-0.2, -0.15) is 0 Å². The lowest BCUT2D eigenvalue weighted by Crippen LogP contribution is -2.57. The maximum absolute atomic E-state index is 13.6. The van der Waals surface area contributed by atoms with Gasteiger partial charge in [-0.1, -0.05) is 36.4 Å². The second-order valence-corrected chi connectivity index (χ2v) is 12.2. The highest BCUT2D eigenvalue weighted by Crippen LogP contribution is 2.36. The molecule has 1 fully saturated rings. The number of ether oxygens (including phenoxy) is 2. The monoisotopic (exact) mass is 606 g/mol. The molecular formula is C30H36ClFN2O6S. The molecule has 3 aromatic carbocycles. The first-order valence-electron chi connectivity index (χ1n) is 13.3. The number of carbonyl (C=O) groups is 1. The Labute approximate surface area is 246 Å². The molecule has 1 aliphatic heterocycles. The summed E-state index contributed by atoms with van der Waals surface area (Å²) >= 11 is 0. The molecule has 1 amide bonds. The summed E-state index contributed by atoms with van der Waals surface area (Å²) in [4.78, 5) is 14.7. The Hall–Kier alpha value is -3.02. The lowest BCUT2D eigenvalue weighted by Gasteiger charge is -2.39. The molecular weight excluding hydrogens is 571 g/mol. The fourth-order valence-corrected chi connectivity index (χ4v) is 6.99. The number of hydroxylamine groups is 1. The second kappa shape index (κ2) is 14.7. The zero-order valence-corrected chi connectivity index (χ0v) is 24.6. The number of nitrogens with one attached hydrogen (secondary N) is 1. The average Bonchev–Trinajstić information content (AvgIpc) is 2.98. The van der Waals surface area contributed by atoms with Crippen molar-refractivity contribution in [2.24, 2.45) is 0 Å². The number of amides is 1. The van der Waals surface area contributed by atoms with Gasteiger partial charge < -0.3 is 14.4 Å². The van der Waals surface area contributed by atoms with E-state index in [2.05, 4.69) is 6.07 Å². The molecule has 1 saturated heterocycles. The van der Waals surface area contributed by atoms with E-state index in [-0.39, 0.29) is 36.0 Å². The van der Waals surface area contributed by atoms with Crippen LogP contribution in [0.3, 0.4) is 0 Å². The third-order valence-corrected chi connectivity index (χ3v) is 9.94. The van der Waals surface area contributed by atoms with Gasteiger partial charge in [0.05, 0.1) is 18.1 Å². The van der Waals surface area contributed by atoms with Gasteiger partial charge in [0.25, 0.3) is 5.91 Å². The Bertz CT molecular complexity index is 1380. The molecule has 4 rings (SSSR count). The van der Waals surface area contributed by atoms with Crippen LogP contribution in [-0.2, 0) is 25.8 Å². The number of hydrogen-bond acceptors (Lipinski definition) is 7. The number of rotatable bonds is 12. The molecule has 0 unspecified atom stereocenters. The molecule has 0 aromatic heterocycles. The Kier molecular flexibility index (Phi) is 11.7. The van der Waals surface area contributed by atoms with Crippen molar-refractivity contribution in [2.75, 3.05) is 40.0 Å². The molecule has 1 heterocycles. The van der Waals surface area contributed by atoms with Crippen molar-refractivity contribution in [3.8, 4) is 16.9 Å². The maximum Gasteiger partial charge on any atom is 0.265 e. The van der Waals surface area contributed by atoms with Crippen LogP contribution < -0.4 is 10.2 Å². The number of nitrogens with zero attached hydrogens (tertiary/aromatic N) is 1. The van der Waals surface area contributed by atoms with Crippen LogP contribution in [0.2, 0.25) is 0 Å². The number of aryl methyl sites for hydroxylation is 1. The average molecular weight is 607 g/mol. The molecule has 0 radical (unpaired) electrons. The standard InChI is InChI=1S/C30H35FN2O6S.ClH/c1-38-21-19-33-17-15-30(16-18-33,29(34)32-35)40(36,37)28-13-11-27(12-14-28)39-20-3-5-23-4-2-6-25(22-23)24-7-9-26(31)10-8-24;/h2,4,6-14,22,35H,3,5,15-21H2,1H3,(H,32,34);1H. The highest BCUT2D eigenvalue weighted by atomic mass is 35.5. The molecule has 0 aliphatic carbocycles. The smallest absolute Gasteiger partial charge is 0.265 e. The Morgan fingerprint density at radius 2 is 1.68 bits per heavy atom. The Morgan fingerprint density at radius 3 is 2.32 bits per heavy atom. The van der Waals surface area contributed by atoms with E-state index in [1.807, 2.05) is 23.1 Å². The summed E-state index contributed by atoms with van der Waals surface area (Å²) in [6.07, 6.45) is 1.64. The minimum absolute atomic E-state index is 0. The van der Waals surface area contributed by atoms with E-state index >= 15 is 0 Å². The van der Waals surface area contributed by atoms with E-state index in [0.717, 1.165) is 29.5 Å². The summed E-state index contributed by atoms with van der Waals surface area (Å²) in [5.74, 6) is -0.659. The fraction of sp³-hybridized carbons (Fsp3) is 0.367. The molecule has 222 valence electrons. The van der Waals surface area contributed by atoms with Gasteiger partial charge in [-0.3, -0.25) is 10.0 Å². The SMILES string of the molecule is COCCN1CCC(C(=O)NO)(S(=O)(=O)c2ccc(OCCCc3cccc(-c4ccc(F)cc4)c3)cc2)CC1.Cl. The minimum atomic E-state index is -4.09. The highest BCUT2D eigenvalue weighted by Gasteiger charge is 2.52. The molecule has 41 heavy (non-hydrogen) atoms. The zero-order valence-electron chi connectivity index (χ0n) is 22.9. The van der Waals surface area contributed by atoms with E-state index in [0.29, 0.717) is 38.6 Å². The van der Waals surface area contributed by atoms with Crippen molar-refractivity contribution in [3.05, 3.63) is 84.2 Å². The van der Waals surface area contributed by atoms with Crippen LogP contribution >= 0.6 is 12.4 Å². The van der Waals surface area contributed by atoms with E-state index in [1.165, 1.54) is 24.3 Å². The van der Waals surface area contributed by atoms with Crippen LogP contribution in [0.25, 0.3) is 11.1 Å². The quantitative estimate of drug-likeness (QED) is 0.175. The molecule has 3 aromatic rings. The second-order valence-electron chi connectivity index (χ2n) is 9.90. The summed E-state index contributed by atoms with van der Waals surface area (Å²) in [7, 11) is -2.49. The van der Waals surface area contributed by atoms with Gasteiger partial charge in [0.15, 0.2) is 14.6 Å². The third kappa shape index (κ3) is 7.64. The van der Waals surface area contributed by atoms with E-state index in [1.54, 1.807) is 36.9 Å². The van der Waals surface area contributed by atoms with Gasteiger partial charge in [-0.25, -0.2) is 18.3 Å². The third-order valence-electron chi connectivity index (χ3n) is 7.42. The topological polar surface area (TPSA) is 105 Å². The van der Waals surface area contributed by atoms with Gasteiger partial charge in [-0.05, 0) is 78.8 Å². The van der Waals surface area contributed by atoms with Crippen molar-refractivity contribution >= 4 is 28.2 Å². The van der Waals surface area contributed by atoms with Crippen LogP contribution in [0, 0.1) is 5.82 Å². The van der Waals surface area contributed by atoms with Gasteiger partial charge in [0.2, 0.25) is 0 Å². The summed E-state index contributed by atoms with van der Waals surface area (Å²) in [5.41, 5.74) is 4.68. The number of benzene rings is 3. The van der Waals surface area contributed by atoms with Crippen LogP contribution in [0.1, 0.15) is 24.8 Å². The summed E-state index contributed by atoms with van der Waals surface area (Å²) in [5, 5.41) is 9.37. The predicted molar refractivity (Wildman–Crippen MR) is 157 cm³/mol. The number of halogens is 2. The van der Waals surface area contributed by atoms with Gasteiger partial charge in [-0.15, -0.1) is 12.4 Å². The molecule has 0 saturated carbocycles. The van der Waals surface area contributed by atoms with E-state index < -0.39 is 20.5 Å². The normalized spacial score (nSPS) is 15.1. The van der Waals surface area contributed by atoms with Crippen molar-refractivity contribution in [2.45, 2.75) is 35.3 Å². The van der Waals surface area contributed by atoms with Crippen LogP contribution in [0.15, 0.2) is 77.7 Å². The highest BCUT2D eigenvalue weighted by molar-refractivity contribution is 7.93. The molecule has 0 atom stereocenters. The van der Waals surface area contributed by atoms with E-state index in [9.17, 15) is 22.8 Å². The number of sulfone groups is 1. The summed E-state index contributed by atoms with van der Waals surface area (Å²) < 4.78 is 49.7. The first kappa shape index (κ1) is 32.5. The van der Waals surface area contributed by atoms with Crippen LogP contribution in [0.5, 0.6) is 5.75 Å². The van der Waals surface area contributed by atoms with Crippen molar-refractivity contribution in [1.29, 1.82) is 0 Å². The molecule has 0 spiro atoms. The summed E-state index contributed by atoms with van der Waals surface area (Å²) in [6, 6.07) is 20.5. The van der Waals surface area contributed by atoms with Crippen molar-refractivity contribution in [1.82, 2.24) is 10.4 Å². The van der Waals surface area contributed by atoms with Crippen molar-refractivity contribution in [3.63, 3.8) is 0 Å². The molecule has 11 heteroatoms. The molecule has 1 aliphatic rings. The maximum atomic E-state index is 13.6. The number of methoxy groups -OCH3 is 1. The van der Waals surface area contributed by atoms with Crippen LogP contribution in [-0.4, -0.2) is 69.1 Å². The van der Waals surface area contributed by atoms with Gasteiger partial charge >= 0.3 is 0 Å². The van der Waals surface area contributed by atoms with Crippen molar-refractivity contribution < 1.29 is 32.3 Å². The van der Waals surface area contributed by atoms with Gasteiger partial charge in [0.1, 0.15) is 11.6 Å². The molecule has 2 N–H and O–H groups in total. The first-order chi connectivity index (χ1) is 19.3. The zero-order chi connectivity index (χ0) is 28.6. The predicted octanol–water partition coefficient (Wildman–Crippen LogP) is 4.69. The van der Waals surface area contributed by atoms with Crippen LogP contribution in [0.4, 0.5) is 4.39 Å². The lowest BCUT2D eigenvalue weighted by molar-refractivity contribution is -0.133. The fourth-order valence-electron chi connectivity index (χ4n) is 5.03. The van der Waals surface area contributed by atoms with Gasteiger partial charge in [0, 0.05) is 26.7 Å². The number of carbonyl (C=O) groups excluding carboxylic acids is 1. The largest absolute Gasteiger partial charge is 0.494 e. The lowest BCUT2D eigenvalue weighted by atomic mass is 9.95. The Balaban J connectivity index is 0.00000462. The molecule has 0 bridgehead atoms. The molecule has 8 nitrogen and oxygen atoms in total. The summed E-state index contributed by atoms with van der Waals surface area (Å²) in [6.45, 7) is 2.37. The number of piperidine rings is 1. The number of hydrogen-bond donors (Lipinski definition) is 2. The minimum Gasteiger partial charge on any atom is -0.494 e. The van der Waals surface area contributed by atoms with E-state index in [4.69, 9.17) is 9.47 Å². The first-order valence-corrected chi connectivity index (χ1v) is 14.8.